The minimum Gasteiger partial charge on any atom is -0.481 e. The van der Waals surface area contributed by atoms with Gasteiger partial charge in [-0.2, -0.15) is 0 Å². The summed E-state index contributed by atoms with van der Waals surface area (Å²) in [6.07, 6.45) is 1.88. The summed E-state index contributed by atoms with van der Waals surface area (Å²) in [5, 5.41) is 10.1. The monoisotopic (exact) mass is 309 g/mol. The minimum absolute atomic E-state index is 0.117. The number of carbonyl (C=O) groups excluding carboxylic acids is 1. The van der Waals surface area contributed by atoms with Crippen molar-refractivity contribution in [3.05, 3.63) is 34.3 Å². The van der Waals surface area contributed by atoms with Crippen molar-refractivity contribution in [1.82, 2.24) is 4.90 Å². The van der Waals surface area contributed by atoms with Crippen molar-refractivity contribution in [3.63, 3.8) is 0 Å². The van der Waals surface area contributed by atoms with E-state index in [0.29, 0.717) is 30.0 Å². The molecule has 0 saturated carbocycles. The van der Waals surface area contributed by atoms with Gasteiger partial charge in [0.2, 0.25) is 0 Å². The number of carbonyl (C=O) groups is 2. The Bertz CT molecular complexity index is 573. The summed E-state index contributed by atoms with van der Waals surface area (Å²) < 4.78 is 0. The van der Waals surface area contributed by atoms with Crippen molar-refractivity contribution < 1.29 is 14.7 Å². The van der Waals surface area contributed by atoms with E-state index < -0.39 is 11.4 Å². The van der Waals surface area contributed by atoms with Gasteiger partial charge in [-0.15, -0.1) is 0 Å². The van der Waals surface area contributed by atoms with E-state index in [-0.39, 0.29) is 12.5 Å². The molecule has 1 fully saturated rings. The van der Waals surface area contributed by atoms with E-state index in [1.807, 2.05) is 13.8 Å². The predicted octanol–water partition coefficient (Wildman–Crippen LogP) is 3.37. The molecule has 0 spiro atoms. The summed E-state index contributed by atoms with van der Waals surface area (Å²) in [6, 6.07) is 5.16. The maximum absolute atomic E-state index is 12.6. The second-order valence-electron chi connectivity index (χ2n) is 5.73. The average molecular weight is 310 g/mol. The molecule has 1 unspecified atom stereocenters. The van der Waals surface area contributed by atoms with Gasteiger partial charge in [-0.05, 0) is 49.9 Å². The van der Waals surface area contributed by atoms with Crippen LogP contribution in [0.3, 0.4) is 0 Å². The van der Waals surface area contributed by atoms with Crippen LogP contribution in [0, 0.1) is 12.3 Å². The Labute approximate surface area is 129 Å². The van der Waals surface area contributed by atoms with Crippen molar-refractivity contribution in [2.45, 2.75) is 33.1 Å². The third-order valence-corrected chi connectivity index (χ3v) is 4.82. The molecule has 114 valence electrons. The van der Waals surface area contributed by atoms with Crippen LogP contribution in [0.2, 0.25) is 5.02 Å². The zero-order valence-electron chi connectivity index (χ0n) is 12.4. The van der Waals surface area contributed by atoms with Crippen LogP contribution in [0.4, 0.5) is 0 Å². The number of hydrogen-bond donors (Lipinski definition) is 1. The molecule has 1 N–H and O–H groups in total. The molecular weight excluding hydrogens is 290 g/mol. The standard InChI is InChI=1S/C16H20ClNO3/c1-3-16(15(20)21)7-4-8-18(10-16)14(19)12-5-6-13(17)11(2)9-12/h5-6,9H,3-4,7-8,10H2,1-2H3,(H,20,21). The molecule has 1 heterocycles. The summed E-state index contributed by atoms with van der Waals surface area (Å²) in [5.41, 5.74) is 0.601. The number of carboxylic acid groups (broad SMARTS) is 1. The first-order valence-corrected chi connectivity index (χ1v) is 7.56. The maximum atomic E-state index is 12.6. The van der Waals surface area contributed by atoms with Gasteiger partial charge in [0, 0.05) is 23.7 Å². The van der Waals surface area contributed by atoms with Gasteiger partial charge in [0.05, 0.1) is 5.41 Å². The van der Waals surface area contributed by atoms with Crippen LogP contribution >= 0.6 is 11.6 Å². The van der Waals surface area contributed by atoms with E-state index >= 15 is 0 Å². The van der Waals surface area contributed by atoms with Gasteiger partial charge in [0.15, 0.2) is 0 Å². The van der Waals surface area contributed by atoms with Crippen LogP contribution < -0.4 is 0 Å². The fraction of sp³-hybridized carbons (Fsp3) is 0.500. The summed E-state index contributed by atoms with van der Waals surface area (Å²) in [5.74, 6) is -0.927. The first-order valence-electron chi connectivity index (χ1n) is 7.18. The molecule has 1 aliphatic rings. The quantitative estimate of drug-likeness (QED) is 0.931. The van der Waals surface area contributed by atoms with E-state index in [4.69, 9.17) is 11.6 Å². The third kappa shape index (κ3) is 3.05. The molecule has 0 aliphatic carbocycles. The molecule has 1 aliphatic heterocycles. The molecule has 1 saturated heterocycles. The van der Waals surface area contributed by atoms with Crippen LogP contribution in [-0.4, -0.2) is 35.0 Å². The lowest BCUT2D eigenvalue weighted by Crippen LogP contribution is -2.49. The van der Waals surface area contributed by atoms with Crippen molar-refractivity contribution in [1.29, 1.82) is 0 Å². The Balaban J connectivity index is 2.22. The summed E-state index contributed by atoms with van der Waals surface area (Å²) >= 11 is 5.98. The van der Waals surface area contributed by atoms with Gasteiger partial charge >= 0.3 is 5.97 Å². The number of rotatable bonds is 3. The molecule has 0 radical (unpaired) electrons. The topological polar surface area (TPSA) is 57.6 Å². The smallest absolute Gasteiger partial charge is 0.311 e. The molecule has 1 atom stereocenters. The maximum Gasteiger partial charge on any atom is 0.311 e. The molecule has 1 aromatic carbocycles. The second kappa shape index (κ2) is 6.06. The molecule has 0 aromatic heterocycles. The number of aryl methyl sites for hydroxylation is 1. The van der Waals surface area contributed by atoms with Crippen molar-refractivity contribution >= 4 is 23.5 Å². The van der Waals surface area contributed by atoms with Crippen molar-refractivity contribution in [3.8, 4) is 0 Å². The number of aliphatic carboxylic acids is 1. The predicted molar refractivity (Wildman–Crippen MR) is 81.7 cm³/mol. The highest BCUT2D eigenvalue weighted by Crippen LogP contribution is 2.34. The van der Waals surface area contributed by atoms with Gasteiger partial charge < -0.3 is 10.0 Å². The number of likely N-dealkylation sites (tertiary alicyclic amines) is 1. The summed E-state index contributed by atoms with van der Waals surface area (Å²) in [6.45, 7) is 4.60. The second-order valence-corrected chi connectivity index (χ2v) is 6.14. The lowest BCUT2D eigenvalue weighted by atomic mass is 9.77. The zero-order valence-corrected chi connectivity index (χ0v) is 13.1. The normalized spacial score (nSPS) is 22.1. The van der Waals surface area contributed by atoms with E-state index in [1.165, 1.54) is 0 Å². The van der Waals surface area contributed by atoms with E-state index in [9.17, 15) is 14.7 Å². The molecule has 5 heteroatoms. The molecule has 21 heavy (non-hydrogen) atoms. The van der Waals surface area contributed by atoms with Gasteiger partial charge in [-0.25, -0.2) is 0 Å². The fourth-order valence-corrected chi connectivity index (χ4v) is 3.00. The Morgan fingerprint density at radius 1 is 1.43 bits per heavy atom. The van der Waals surface area contributed by atoms with Crippen molar-refractivity contribution in [2.75, 3.05) is 13.1 Å². The fourth-order valence-electron chi connectivity index (χ4n) is 2.88. The Morgan fingerprint density at radius 2 is 2.14 bits per heavy atom. The molecule has 1 aromatic rings. The number of piperidine rings is 1. The van der Waals surface area contributed by atoms with E-state index in [1.54, 1.807) is 23.1 Å². The number of nitrogens with zero attached hydrogens (tertiary/aromatic N) is 1. The largest absolute Gasteiger partial charge is 0.481 e. The van der Waals surface area contributed by atoms with Gasteiger partial charge in [0.1, 0.15) is 0 Å². The highest BCUT2D eigenvalue weighted by atomic mass is 35.5. The molecule has 1 amide bonds. The Morgan fingerprint density at radius 3 is 2.71 bits per heavy atom. The lowest BCUT2D eigenvalue weighted by Gasteiger charge is -2.39. The van der Waals surface area contributed by atoms with E-state index in [0.717, 1.165) is 12.0 Å². The summed E-state index contributed by atoms with van der Waals surface area (Å²) in [7, 11) is 0. The van der Waals surface area contributed by atoms with Crippen LogP contribution in [0.1, 0.15) is 42.1 Å². The molecule has 0 bridgehead atoms. The number of carboxylic acids is 1. The van der Waals surface area contributed by atoms with Gasteiger partial charge in [0.25, 0.3) is 5.91 Å². The van der Waals surface area contributed by atoms with Gasteiger partial charge in [-0.1, -0.05) is 18.5 Å². The van der Waals surface area contributed by atoms with E-state index in [2.05, 4.69) is 0 Å². The Kier molecular flexibility index (Phi) is 4.57. The van der Waals surface area contributed by atoms with Crippen molar-refractivity contribution in [2.24, 2.45) is 5.41 Å². The number of hydrogen-bond acceptors (Lipinski definition) is 2. The highest BCUT2D eigenvalue weighted by molar-refractivity contribution is 6.31. The number of amides is 1. The van der Waals surface area contributed by atoms with Gasteiger partial charge in [-0.3, -0.25) is 9.59 Å². The number of benzene rings is 1. The molecule has 2 rings (SSSR count). The average Bonchev–Trinajstić information content (AvgIpc) is 2.49. The van der Waals surface area contributed by atoms with Crippen LogP contribution in [0.25, 0.3) is 0 Å². The molecular formula is C16H20ClNO3. The van der Waals surface area contributed by atoms with Crippen LogP contribution in [0.15, 0.2) is 18.2 Å². The van der Waals surface area contributed by atoms with Crippen LogP contribution in [0.5, 0.6) is 0 Å². The Hall–Kier alpha value is -1.55. The first kappa shape index (κ1) is 15.8. The summed E-state index contributed by atoms with van der Waals surface area (Å²) in [4.78, 5) is 25.8. The first-order chi connectivity index (χ1) is 9.89. The SMILES string of the molecule is CCC1(C(=O)O)CCCN(C(=O)c2ccc(Cl)c(C)c2)C1. The zero-order chi connectivity index (χ0) is 15.6. The lowest BCUT2D eigenvalue weighted by molar-refractivity contribution is -0.152. The third-order valence-electron chi connectivity index (χ3n) is 4.40. The minimum atomic E-state index is -0.810. The number of halogens is 1. The highest BCUT2D eigenvalue weighted by Gasteiger charge is 2.42. The van der Waals surface area contributed by atoms with Crippen LogP contribution in [-0.2, 0) is 4.79 Å². The molecule has 4 nitrogen and oxygen atoms in total.